The van der Waals surface area contributed by atoms with E-state index in [-0.39, 0.29) is 35.9 Å². The normalized spacial score (nSPS) is 14.5. The third kappa shape index (κ3) is 5.43. The lowest BCUT2D eigenvalue weighted by atomic mass is 10.0. The third-order valence-corrected chi connectivity index (χ3v) is 5.44. The van der Waals surface area contributed by atoms with Crippen molar-refractivity contribution in [3.05, 3.63) is 70.4 Å². The van der Waals surface area contributed by atoms with E-state index < -0.39 is 29.2 Å². The van der Waals surface area contributed by atoms with Crippen LogP contribution in [0.2, 0.25) is 0 Å². The number of benzene rings is 2. The van der Waals surface area contributed by atoms with Crippen LogP contribution in [0.15, 0.2) is 53.5 Å². The van der Waals surface area contributed by atoms with E-state index in [1.807, 2.05) is 0 Å². The monoisotopic (exact) mass is 506 g/mol. The summed E-state index contributed by atoms with van der Waals surface area (Å²) >= 11 is 0. The van der Waals surface area contributed by atoms with Crippen molar-refractivity contribution >= 4 is 23.1 Å². The maximum Gasteiger partial charge on any atom is 0.420 e. The summed E-state index contributed by atoms with van der Waals surface area (Å²) in [5, 5.41) is 7.27. The number of nitrogens with one attached hydrogen (secondary N) is 4. The van der Waals surface area contributed by atoms with E-state index in [2.05, 4.69) is 20.9 Å². The molecule has 1 saturated heterocycles. The molecule has 1 aromatic heterocycles. The van der Waals surface area contributed by atoms with Crippen LogP contribution in [0.1, 0.15) is 12.5 Å². The molecule has 3 aromatic rings. The highest BCUT2D eigenvalue weighted by atomic mass is 19.4. The highest BCUT2D eigenvalue weighted by Crippen LogP contribution is 2.40. The van der Waals surface area contributed by atoms with Gasteiger partial charge in [-0.15, -0.1) is 0 Å². The maximum absolute atomic E-state index is 14.7. The molecule has 8 nitrogen and oxygen atoms in total. The minimum Gasteiger partial charge on any atom is -0.482 e. The van der Waals surface area contributed by atoms with Gasteiger partial charge in [0.05, 0.1) is 24.5 Å². The highest BCUT2D eigenvalue weighted by Gasteiger charge is 2.40. The standard InChI is InChI=1S/C24H22F4N4O4/c1-23(11-35-12-23)36-20-6-4-15(9-16(20)24(26,27)28)31-22(34)32-18-5-3-13(7-17(18)25)14-8-19(29-2)21(33)30-10-14/h3-10,29H,11-12H2,1-2H3,(H,30,33)(H2,31,32,34). The lowest BCUT2D eigenvalue weighted by molar-refractivity contribution is -0.160. The molecule has 0 atom stereocenters. The van der Waals surface area contributed by atoms with Crippen molar-refractivity contribution in [1.29, 1.82) is 0 Å². The number of H-pyrrole nitrogens is 1. The molecular formula is C24H22F4N4O4. The number of carbonyl (C=O) groups excluding carboxylic acids is 1. The first kappa shape index (κ1) is 25.0. The number of ether oxygens (including phenoxy) is 2. The van der Waals surface area contributed by atoms with Crippen LogP contribution in [0, 0.1) is 5.82 Å². The average Bonchev–Trinajstić information content (AvgIpc) is 2.80. The zero-order valence-electron chi connectivity index (χ0n) is 19.2. The van der Waals surface area contributed by atoms with E-state index in [9.17, 15) is 27.2 Å². The summed E-state index contributed by atoms with van der Waals surface area (Å²) in [6.45, 7) is 1.96. The Kier molecular flexibility index (Phi) is 6.63. The first-order chi connectivity index (χ1) is 17.0. The van der Waals surface area contributed by atoms with Gasteiger partial charge in [0.2, 0.25) is 0 Å². The van der Waals surface area contributed by atoms with Gasteiger partial charge in [-0.25, -0.2) is 9.18 Å². The van der Waals surface area contributed by atoms with Crippen LogP contribution in [-0.2, 0) is 10.9 Å². The average molecular weight is 506 g/mol. The molecule has 1 fully saturated rings. The van der Waals surface area contributed by atoms with E-state index >= 15 is 0 Å². The Bertz CT molecular complexity index is 1350. The summed E-state index contributed by atoms with van der Waals surface area (Å²) in [7, 11) is 1.57. The number of aromatic nitrogens is 1. The molecule has 0 spiro atoms. The number of halogens is 4. The van der Waals surface area contributed by atoms with Gasteiger partial charge in [-0.3, -0.25) is 4.79 Å². The molecule has 12 heteroatoms. The molecule has 1 aliphatic rings. The topological polar surface area (TPSA) is 104 Å². The van der Waals surface area contributed by atoms with Crippen molar-refractivity contribution in [2.24, 2.45) is 0 Å². The predicted octanol–water partition coefficient (Wildman–Crippen LogP) is 5.05. The summed E-state index contributed by atoms with van der Waals surface area (Å²) in [6, 6.07) is 7.68. The molecule has 0 unspecified atom stereocenters. The molecule has 4 rings (SSSR count). The van der Waals surface area contributed by atoms with Crippen LogP contribution >= 0.6 is 0 Å². The van der Waals surface area contributed by atoms with E-state index in [0.717, 1.165) is 18.2 Å². The quantitative estimate of drug-likeness (QED) is 0.350. The number of rotatable bonds is 6. The Morgan fingerprint density at radius 1 is 1.06 bits per heavy atom. The van der Waals surface area contributed by atoms with E-state index in [1.165, 1.54) is 30.5 Å². The summed E-state index contributed by atoms with van der Waals surface area (Å²) in [6.07, 6.45) is -3.32. The summed E-state index contributed by atoms with van der Waals surface area (Å²) in [5.41, 5.74) is -1.36. The fraction of sp³-hybridized carbons (Fsp3) is 0.250. The molecule has 190 valence electrons. The van der Waals surface area contributed by atoms with Gasteiger partial charge in [0, 0.05) is 24.5 Å². The molecule has 1 aliphatic heterocycles. The molecule has 2 aromatic carbocycles. The number of amides is 2. The van der Waals surface area contributed by atoms with Crippen molar-refractivity contribution in [3.8, 4) is 16.9 Å². The Morgan fingerprint density at radius 2 is 1.81 bits per heavy atom. The Morgan fingerprint density at radius 3 is 2.42 bits per heavy atom. The first-order valence-electron chi connectivity index (χ1n) is 10.7. The van der Waals surface area contributed by atoms with Gasteiger partial charge in [-0.1, -0.05) is 6.07 Å². The number of hydrogen-bond donors (Lipinski definition) is 4. The molecule has 0 radical (unpaired) electrons. The fourth-order valence-corrected chi connectivity index (χ4v) is 3.55. The predicted molar refractivity (Wildman–Crippen MR) is 126 cm³/mol. The summed E-state index contributed by atoms with van der Waals surface area (Å²) in [5.74, 6) is -1.17. The Balaban J connectivity index is 1.49. The molecular weight excluding hydrogens is 484 g/mol. The second-order valence-electron chi connectivity index (χ2n) is 8.41. The van der Waals surface area contributed by atoms with E-state index in [0.29, 0.717) is 16.8 Å². The van der Waals surface area contributed by atoms with Crippen molar-refractivity contribution in [2.45, 2.75) is 18.7 Å². The maximum atomic E-state index is 14.7. The van der Waals surface area contributed by atoms with Crippen molar-refractivity contribution in [2.75, 3.05) is 36.2 Å². The largest absolute Gasteiger partial charge is 0.482 e. The molecule has 2 amide bonds. The van der Waals surface area contributed by atoms with Gasteiger partial charge in [0.25, 0.3) is 5.56 Å². The summed E-state index contributed by atoms with van der Waals surface area (Å²) < 4.78 is 65.9. The molecule has 2 heterocycles. The van der Waals surface area contributed by atoms with Crippen LogP contribution in [0.4, 0.5) is 39.4 Å². The molecule has 0 bridgehead atoms. The number of carbonyl (C=O) groups is 1. The number of aromatic amines is 1. The number of alkyl halides is 3. The number of anilines is 3. The van der Waals surface area contributed by atoms with Gasteiger partial charge in [-0.2, -0.15) is 13.2 Å². The molecule has 4 N–H and O–H groups in total. The van der Waals surface area contributed by atoms with Crippen LogP contribution in [0.25, 0.3) is 11.1 Å². The smallest absolute Gasteiger partial charge is 0.420 e. The van der Waals surface area contributed by atoms with Crippen LogP contribution in [0.3, 0.4) is 0 Å². The van der Waals surface area contributed by atoms with Crippen LogP contribution in [-0.4, -0.2) is 36.9 Å². The number of hydrogen-bond acceptors (Lipinski definition) is 5. The molecule has 0 saturated carbocycles. The minimum atomic E-state index is -4.73. The first-order valence-corrected chi connectivity index (χ1v) is 10.7. The molecule has 0 aliphatic carbocycles. The number of urea groups is 1. The van der Waals surface area contributed by atoms with Gasteiger partial charge in [-0.05, 0) is 48.9 Å². The zero-order chi connectivity index (χ0) is 26.1. The summed E-state index contributed by atoms with van der Waals surface area (Å²) in [4.78, 5) is 26.6. The SMILES string of the molecule is CNc1cc(-c2ccc(NC(=O)Nc3ccc(OC4(C)COC4)c(C(F)(F)F)c3)c(F)c2)c[nH]c1=O. The Hall–Kier alpha value is -4.06. The van der Waals surface area contributed by atoms with E-state index in [1.54, 1.807) is 14.0 Å². The van der Waals surface area contributed by atoms with Crippen molar-refractivity contribution in [1.82, 2.24) is 4.98 Å². The zero-order valence-corrected chi connectivity index (χ0v) is 19.2. The van der Waals surface area contributed by atoms with Crippen LogP contribution < -0.4 is 26.2 Å². The lowest BCUT2D eigenvalue weighted by Gasteiger charge is -2.38. The number of pyridine rings is 1. The van der Waals surface area contributed by atoms with Crippen molar-refractivity contribution < 1.29 is 31.8 Å². The minimum absolute atomic E-state index is 0.160. The molecule has 36 heavy (non-hydrogen) atoms. The fourth-order valence-electron chi connectivity index (χ4n) is 3.55. The van der Waals surface area contributed by atoms with Crippen molar-refractivity contribution in [3.63, 3.8) is 0 Å². The van der Waals surface area contributed by atoms with Gasteiger partial charge < -0.3 is 30.4 Å². The second-order valence-corrected chi connectivity index (χ2v) is 8.41. The van der Waals surface area contributed by atoms with Gasteiger partial charge >= 0.3 is 12.2 Å². The van der Waals surface area contributed by atoms with Gasteiger partial charge in [0.15, 0.2) is 5.60 Å². The highest BCUT2D eigenvalue weighted by molar-refractivity contribution is 6.00. The van der Waals surface area contributed by atoms with Crippen LogP contribution in [0.5, 0.6) is 5.75 Å². The third-order valence-electron chi connectivity index (χ3n) is 5.44. The van der Waals surface area contributed by atoms with E-state index in [4.69, 9.17) is 9.47 Å². The lowest BCUT2D eigenvalue weighted by Crippen LogP contribution is -2.51. The Labute approximate surface area is 202 Å². The van der Waals surface area contributed by atoms with Gasteiger partial charge in [0.1, 0.15) is 17.3 Å². The second kappa shape index (κ2) is 9.53.